The SMILES string of the molecule is CC(=O)N1CCC[C@H]2OCN(Cc3ccccc3)C(=O)[C@H]21. The Bertz CT molecular complexity index is 532. The number of nitrogens with zero attached hydrogens (tertiary/aromatic N) is 2. The summed E-state index contributed by atoms with van der Waals surface area (Å²) in [7, 11) is 0. The van der Waals surface area contributed by atoms with E-state index in [9.17, 15) is 9.59 Å². The average molecular weight is 288 g/mol. The summed E-state index contributed by atoms with van der Waals surface area (Å²) in [5.41, 5.74) is 1.07. The Balaban J connectivity index is 1.77. The van der Waals surface area contributed by atoms with Crippen molar-refractivity contribution in [3.8, 4) is 0 Å². The third-order valence-electron chi connectivity index (χ3n) is 4.21. The molecule has 0 aromatic heterocycles. The van der Waals surface area contributed by atoms with Gasteiger partial charge < -0.3 is 14.5 Å². The first-order chi connectivity index (χ1) is 10.2. The molecule has 2 amide bonds. The number of benzene rings is 1. The van der Waals surface area contributed by atoms with E-state index < -0.39 is 6.04 Å². The predicted molar refractivity (Wildman–Crippen MR) is 77.1 cm³/mol. The number of fused-ring (bicyclic) bond motifs is 1. The Hall–Kier alpha value is -1.88. The summed E-state index contributed by atoms with van der Waals surface area (Å²) in [6.45, 7) is 2.99. The van der Waals surface area contributed by atoms with E-state index in [0.717, 1.165) is 18.4 Å². The zero-order valence-electron chi connectivity index (χ0n) is 12.2. The Morgan fingerprint density at radius 2 is 2.10 bits per heavy atom. The van der Waals surface area contributed by atoms with Crippen molar-refractivity contribution in [2.24, 2.45) is 0 Å². The maximum atomic E-state index is 12.7. The van der Waals surface area contributed by atoms with E-state index in [0.29, 0.717) is 19.8 Å². The molecule has 5 heteroatoms. The molecule has 2 aliphatic rings. The van der Waals surface area contributed by atoms with Crippen LogP contribution in [0.1, 0.15) is 25.3 Å². The first-order valence-electron chi connectivity index (χ1n) is 7.38. The molecule has 0 aliphatic carbocycles. The molecular weight excluding hydrogens is 268 g/mol. The second-order valence-corrected chi connectivity index (χ2v) is 5.66. The highest BCUT2D eigenvalue weighted by Crippen LogP contribution is 2.27. The lowest BCUT2D eigenvalue weighted by Crippen LogP contribution is -2.63. The van der Waals surface area contributed by atoms with Crippen LogP contribution in [-0.2, 0) is 20.9 Å². The van der Waals surface area contributed by atoms with E-state index in [-0.39, 0.29) is 17.9 Å². The van der Waals surface area contributed by atoms with E-state index in [1.165, 1.54) is 6.92 Å². The van der Waals surface area contributed by atoms with Crippen LogP contribution in [0.15, 0.2) is 30.3 Å². The van der Waals surface area contributed by atoms with Crippen molar-refractivity contribution in [1.29, 1.82) is 0 Å². The van der Waals surface area contributed by atoms with Gasteiger partial charge in [-0.1, -0.05) is 30.3 Å². The van der Waals surface area contributed by atoms with Gasteiger partial charge in [-0.2, -0.15) is 0 Å². The van der Waals surface area contributed by atoms with Gasteiger partial charge in [0.25, 0.3) is 0 Å². The van der Waals surface area contributed by atoms with Gasteiger partial charge in [-0.3, -0.25) is 9.59 Å². The molecule has 1 aromatic rings. The molecule has 2 atom stereocenters. The van der Waals surface area contributed by atoms with Gasteiger partial charge in [-0.25, -0.2) is 0 Å². The van der Waals surface area contributed by atoms with Crippen LogP contribution in [0.2, 0.25) is 0 Å². The number of amides is 2. The van der Waals surface area contributed by atoms with Gasteiger partial charge >= 0.3 is 0 Å². The van der Waals surface area contributed by atoms with E-state index >= 15 is 0 Å². The molecule has 1 aromatic carbocycles. The summed E-state index contributed by atoms with van der Waals surface area (Å²) in [5, 5.41) is 0. The Kier molecular flexibility index (Phi) is 3.92. The third kappa shape index (κ3) is 2.78. The van der Waals surface area contributed by atoms with Gasteiger partial charge in [0.2, 0.25) is 11.8 Å². The fourth-order valence-corrected chi connectivity index (χ4v) is 3.14. The number of hydrogen-bond donors (Lipinski definition) is 0. The van der Waals surface area contributed by atoms with Crippen LogP contribution in [0.25, 0.3) is 0 Å². The monoisotopic (exact) mass is 288 g/mol. The molecule has 0 radical (unpaired) electrons. The van der Waals surface area contributed by atoms with Gasteiger partial charge in [0.15, 0.2) is 0 Å². The summed E-state index contributed by atoms with van der Waals surface area (Å²) < 4.78 is 5.83. The van der Waals surface area contributed by atoms with Gasteiger partial charge in [0, 0.05) is 20.0 Å². The number of likely N-dealkylation sites (tertiary alicyclic amines) is 1. The third-order valence-corrected chi connectivity index (χ3v) is 4.21. The lowest BCUT2D eigenvalue weighted by molar-refractivity contribution is -0.179. The topological polar surface area (TPSA) is 49.9 Å². The summed E-state index contributed by atoms with van der Waals surface area (Å²) in [4.78, 5) is 27.8. The van der Waals surface area contributed by atoms with E-state index in [4.69, 9.17) is 4.74 Å². The zero-order chi connectivity index (χ0) is 14.8. The van der Waals surface area contributed by atoms with Gasteiger partial charge in [-0.05, 0) is 18.4 Å². The molecule has 0 bridgehead atoms. The van der Waals surface area contributed by atoms with Gasteiger partial charge in [0.05, 0.1) is 6.10 Å². The number of rotatable bonds is 2. The molecule has 2 heterocycles. The fourth-order valence-electron chi connectivity index (χ4n) is 3.14. The lowest BCUT2D eigenvalue weighted by atomic mass is 9.96. The van der Waals surface area contributed by atoms with Crippen LogP contribution < -0.4 is 0 Å². The smallest absolute Gasteiger partial charge is 0.250 e. The summed E-state index contributed by atoms with van der Waals surface area (Å²) in [5.74, 6) is -0.0479. The maximum absolute atomic E-state index is 12.7. The van der Waals surface area contributed by atoms with Crippen molar-refractivity contribution in [2.45, 2.75) is 38.5 Å². The van der Waals surface area contributed by atoms with Crippen LogP contribution in [0, 0.1) is 0 Å². The van der Waals surface area contributed by atoms with Crippen molar-refractivity contribution in [3.05, 3.63) is 35.9 Å². The van der Waals surface area contributed by atoms with Crippen LogP contribution in [-0.4, -0.2) is 47.0 Å². The highest BCUT2D eigenvalue weighted by atomic mass is 16.5. The van der Waals surface area contributed by atoms with Crippen molar-refractivity contribution in [1.82, 2.24) is 9.80 Å². The van der Waals surface area contributed by atoms with E-state index in [1.807, 2.05) is 30.3 Å². The zero-order valence-corrected chi connectivity index (χ0v) is 12.2. The van der Waals surface area contributed by atoms with Crippen molar-refractivity contribution in [2.75, 3.05) is 13.3 Å². The highest BCUT2D eigenvalue weighted by Gasteiger charge is 2.44. The normalized spacial score (nSPS) is 25.7. The Labute approximate surface area is 124 Å². The molecule has 0 unspecified atom stereocenters. The molecule has 2 fully saturated rings. The van der Waals surface area contributed by atoms with Crippen LogP contribution in [0.5, 0.6) is 0 Å². The first-order valence-corrected chi connectivity index (χ1v) is 7.38. The van der Waals surface area contributed by atoms with Crippen molar-refractivity contribution in [3.63, 3.8) is 0 Å². The van der Waals surface area contributed by atoms with Gasteiger partial charge in [0.1, 0.15) is 12.8 Å². The van der Waals surface area contributed by atoms with Crippen molar-refractivity contribution >= 4 is 11.8 Å². The second kappa shape index (κ2) is 5.85. The first kappa shape index (κ1) is 14.1. The molecule has 3 rings (SSSR count). The predicted octanol–water partition coefficient (Wildman–Crippen LogP) is 1.38. The molecule has 0 spiro atoms. The maximum Gasteiger partial charge on any atom is 0.250 e. The molecule has 0 N–H and O–H groups in total. The Morgan fingerprint density at radius 1 is 1.33 bits per heavy atom. The highest BCUT2D eigenvalue weighted by molar-refractivity contribution is 5.88. The molecule has 2 aliphatic heterocycles. The van der Waals surface area contributed by atoms with E-state index in [2.05, 4.69) is 0 Å². The van der Waals surface area contributed by atoms with Crippen molar-refractivity contribution < 1.29 is 14.3 Å². The number of carbonyl (C=O) groups is 2. The number of piperidine rings is 1. The average Bonchev–Trinajstić information content (AvgIpc) is 2.50. The molecule has 0 saturated carbocycles. The number of ether oxygens (including phenoxy) is 1. The van der Waals surface area contributed by atoms with Crippen LogP contribution in [0.3, 0.4) is 0 Å². The summed E-state index contributed by atoms with van der Waals surface area (Å²) >= 11 is 0. The fraction of sp³-hybridized carbons (Fsp3) is 0.500. The quantitative estimate of drug-likeness (QED) is 0.826. The molecular formula is C16H20N2O3. The summed E-state index contributed by atoms with van der Waals surface area (Å²) in [6, 6.07) is 9.39. The minimum Gasteiger partial charge on any atom is -0.355 e. The summed E-state index contributed by atoms with van der Waals surface area (Å²) in [6.07, 6.45) is 1.59. The number of hydrogen-bond acceptors (Lipinski definition) is 3. The number of carbonyl (C=O) groups excluding carboxylic acids is 2. The second-order valence-electron chi connectivity index (χ2n) is 5.66. The lowest BCUT2D eigenvalue weighted by Gasteiger charge is -2.45. The molecule has 5 nitrogen and oxygen atoms in total. The van der Waals surface area contributed by atoms with Crippen LogP contribution in [0.4, 0.5) is 0 Å². The van der Waals surface area contributed by atoms with Gasteiger partial charge in [-0.15, -0.1) is 0 Å². The standard InChI is InChI=1S/C16H20N2O3/c1-12(19)18-9-5-8-14-15(18)16(20)17(11-21-14)10-13-6-3-2-4-7-13/h2-4,6-7,14-15H,5,8-11H2,1H3/t14-,15+/m1/s1. The largest absolute Gasteiger partial charge is 0.355 e. The minimum absolute atomic E-state index is 0.00463. The van der Waals surface area contributed by atoms with E-state index in [1.54, 1.807) is 9.80 Å². The molecule has 21 heavy (non-hydrogen) atoms. The minimum atomic E-state index is -0.450. The molecule has 2 saturated heterocycles. The Morgan fingerprint density at radius 3 is 2.81 bits per heavy atom. The molecule has 112 valence electrons. The van der Waals surface area contributed by atoms with Crippen LogP contribution >= 0.6 is 0 Å².